The van der Waals surface area contributed by atoms with Crippen LogP contribution >= 0.6 is 12.4 Å². The molecule has 0 aliphatic heterocycles. The van der Waals surface area contributed by atoms with Crippen molar-refractivity contribution in [2.24, 2.45) is 5.73 Å². The number of rotatable bonds is 3. The standard InChI is InChI=1S/C10H15NO.ClH/c1-8(12-9(2)11)10-6-4-3-5-7-10;/h3-9H,11H2,1-2H3;1H. The Bertz CT molecular complexity index is 226. The van der Waals surface area contributed by atoms with Gasteiger partial charge in [0.2, 0.25) is 0 Å². The lowest BCUT2D eigenvalue weighted by atomic mass is 10.1. The molecule has 0 bridgehead atoms. The fourth-order valence-corrected chi connectivity index (χ4v) is 1.12. The molecule has 1 rings (SSSR count). The minimum absolute atomic E-state index is 0. The van der Waals surface area contributed by atoms with Gasteiger partial charge in [0.25, 0.3) is 0 Å². The van der Waals surface area contributed by atoms with Gasteiger partial charge >= 0.3 is 0 Å². The molecule has 74 valence electrons. The Morgan fingerprint density at radius 3 is 2.15 bits per heavy atom. The molecule has 2 nitrogen and oxygen atoms in total. The topological polar surface area (TPSA) is 35.2 Å². The molecule has 13 heavy (non-hydrogen) atoms. The van der Waals surface area contributed by atoms with Crippen molar-refractivity contribution in [2.75, 3.05) is 0 Å². The van der Waals surface area contributed by atoms with Crippen LogP contribution in [0.2, 0.25) is 0 Å². The van der Waals surface area contributed by atoms with E-state index in [1.807, 2.05) is 44.2 Å². The van der Waals surface area contributed by atoms with Crippen molar-refractivity contribution in [3.05, 3.63) is 35.9 Å². The summed E-state index contributed by atoms with van der Waals surface area (Å²) in [5.74, 6) is 0. The smallest absolute Gasteiger partial charge is 0.103 e. The molecule has 1 aromatic rings. The Hall–Kier alpha value is -0.570. The van der Waals surface area contributed by atoms with Gasteiger partial charge in [-0.3, -0.25) is 0 Å². The quantitative estimate of drug-likeness (QED) is 0.763. The van der Waals surface area contributed by atoms with E-state index in [0.717, 1.165) is 5.56 Å². The third-order valence-corrected chi connectivity index (χ3v) is 1.69. The van der Waals surface area contributed by atoms with Crippen LogP contribution in [0.4, 0.5) is 0 Å². The van der Waals surface area contributed by atoms with Crippen molar-refractivity contribution in [1.82, 2.24) is 0 Å². The van der Waals surface area contributed by atoms with Gasteiger partial charge in [0, 0.05) is 0 Å². The van der Waals surface area contributed by atoms with E-state index >= 15 is 0 Å². The first-order chi connectivity index (χ1) is 5.70. The number of halogens is 1. The van der Waals surface area contributed by atoms with E-state index in [4.69, 9.17) is 10.5 Å². The van der Waals surface area contributed by atoms with E-state index in [1.54, 1.807) is 0 Å². The second kappa shape index (κ2) is 5.97. The predicted molar refractivity (Wildman–Crippen MR) is 56.8 cm³/mol. The summed E-state index contributed by atoms with van der Waals surface area (Å²) in [6, 6.07) is 10.1. The van der Waals surface area contributed by atoms with Gasteiger partial charge in [-0.1, -0.05) is 30.3 Å². The van der Waals surface area contributed by atoms with Gasteiger partial charge in [-0.25, -0.2) is 0 Å². The number of ether oxygens (including phenoxy) is 1. The summed E-state index contributed by atoms with van der Waals surface area (Å²) in [6.07, 6.45) is -0.133. The molecule has 0 radical (unpaired) electrons. The minimum atomic E-state index is -0.208. The van der Waals surface area contributed by atoms with Crippen molar-refractivity contribution in [3.63, 3.8) is 0 Å². The van der Waals surface area contributed by atoms with Crippen LogP contribution < -0.4 is 5.73 Å². The van der Waals surface area contributed by atoms with Crippen molar-refractivity contribution < 1.29 is 4.74 Å². The average molecular weight is 202 g/mol. The monoisotopic (exact) mass is 201 g/mol. The largest absolute Gasteiger partial charge is 0.356 e. The Kier molecular flexibility index (Phi) is 5.71. The summed E-state index contributed by atoms with van der Waals surface area (Å²) >= 11 is 0. The first-order valence-electron chi connectivity index (χ1n) is 4.16. The van der Waals surface area contributed by atoms with Gasteiger partial charge in [0.05, 0.1) is 6.10 Å². The van der Waals surface area contributed by atoms with E-state index in [0.29, 0.717) is 0 Å². The lowest BCUT2D eigenvalue weighted by Crippen LogP contribution is -2.20. The minimum Gasteiger partial charge on any atom is -0.356 e. The molecule has 2 N–H and O–H groups in total. The van der Waals surface area contributed by atoms with E-state index < -0.39 is 0 Å². The van der Waals surface area contributed by atoms with Crippen LogP contribution in [0, 0.1) is 0 Å². The van der Waals surface area contributed by atoms with Gasteiger partial charge in [-0.05, 0) is 19.4 Å². The lowest BCUT2D eigenvalue weighted by Gasteiger charge is -2.15. The molecule has 0 spiro atoms. The zero-order valence-electron chi connectivity index (χ0n) is 7.94. The van der Waals surface area contributed by atoms with Crippen LogP contribution in [0.25, 0.3) is 0 Å². The Labute approximate surface area is 85.5 Å². The lowest BCUT2D eigenvalue weighted by molar-refractivity contribution is 0.0110. The third kappa shape index (κ3) is 4.27. The van der Waals surface area contributed by atoms with Gasteiger partial charge in [0.1, 0.15) is 6.23 Å². The van der Waals surface area contributed by atoms with Crippen LogP contribution in [0.15, 0.2) is 30.3 Å². The van der Waals surface area contributed by atoms with E-state index in [9.17, 15) is 0 Å². The maximum absolute atomic E-state index is 5.51. The van der Waals surface area contributed by atoms with Crippen molar-refractivity contribution in [3.8, 4) is 0 Å². The first-order valence-corrected chi connectivity index (χ1v) is 4.16. The second-order valence-electron chi connectivity index (χ2n) is 2.89. The molecule has 0 amide bonds. The number of benzene rings is 1. The van der Waals surface area contributed by atoms with Crippen molar-refractivity contribution in [2.45, 2.75) is 26.2 Å². The summed E-state index contributed by atoms with van der Waals surface area (Å²) in [5, 5.41) is 0. The van der Waals surface area contributed by atoms with Crippen molar-refractivity contribution in [1.29, 1.82) is 0 Å². The van der Waals surface area contributed by atoms with Crippen LogP contribution in [0.1, 0.15) is 25.5 Å². The van der Waals surface area contributed by atoms with Crippen LogP contribution in [0.5, 0.6) is 0 Å². The summed E-state index contributed by atoms with van der Waals surface area (Å²) in [7, 11) is 0. The second-order valence-corrected chi connectivity index (χ2v) is 2.89. The molecule has 0 aromatic heterocycles. The van der Waals surface area contributed by atoms with Crippen LogP contribution in [-0.4, -0.2) is 6.23 Å². The summed E-state index contributed by atoms with van der Waals surface area (Å²) < 4.78 is 5.41. The molecule has 0 aliphatic rings. The predicted octanol–water partition coefficient (Wildman–Crippen LogP) is 2.49. The molecule has 0 heterocycles. The normalized spacial score (nSPS) is 14.4. The van der Waals surface area contributed by atoms with E-state index in [-0.39, 0.29) is 24.7 Å². The molecular formula is C10H16ClNO. The molecule has 0 saturated heterocycles. The Balaban J connectivity index is 0.00000144. The van der Waals surface area contributed by atoms with Gasteiger partial charge in [-0.15, -0.1) is 12.4 Å². The van der Waals surface area contributed by atoms with E-state index in [2.05, 4.69) is 0 Å². The SMILES string of the molecule is CC(N)OC(C)c1ccccc1.Cl. The highest BCUT2D eigenvalue weighted by molar-refractivity contribution is 5.85. The Morgan fingerprint density at radius 2 is 1.69 bits per heavy atom. The third-order valence-electron chi connectivity index (χ3n) is 1.69. The van der Waals surface area contributed by atoms with E-state index in [1.165, 1.54) is 0 Å². The van der Waals surface area contributed by atoms with Crippen LogP contribution in [-0.2, 0) is 4.74 Å². The van der Waals surface area contributed by atoms with Crippen LogP contribution in [0.3, 0.4) is 0 Å². The van der Waals surface area contributed by atoms with Gasteiger partial charge < -0.3 is 10.5 Å². The summed E-state index contributed by atoms with van der Waals surface area (Å²) in [5.41, 5.74) is 6.67. The fraction of sp³-hybridized carbons (Fsp3) is 0.400. The molecule has 2 atom stereocenters. The number of hydrogen-bond acceptors (Lipinski definition) is 2. The highest BCUT2D eigenvalue weighted by Gasteiger charge is 2.05. The average Bonchev–Trinajstić information content (AvgIpc) is 2.05. The maximum atomic E-state index is 5.51. The summed E-state index contributed by atoms with van der Waals surface area (Å²) in [4.78, 5) is 0. The molecule has 0 aliphatic carbocycles. The van der Waals surface area contributed by atoms with Crippen molar-refractivity contribution >= 4 is 12.4 Å². The molecule has 0 saturated carbocycles. The highest BCUT2D eigenvalue weighted by Crippen LogP contribution is 2.16. The molecule has 3 heteroatoms. The Morgan fingerprint density at radius 1 is 1.15 bits per heavy atom. The zero-order chi connectivity index (χ0) is 8.97. The molecular weight excluding hydrogens is 186 g/mol. The first kappa shape index (κ1) is 12.4. The molecule has 2 unspecified atom stereocenters. The molecule has 0 fully saturated rings. The molecule has 1 aromatic carbocycles. The zero-order valence-corrected chi connectivity index (χ0v) is 8.75. The maximum Gasteiger partial charge on any atom is 0.103 e. The number of hydrogen-bond donors (Lipinski definition) is 1. The fourth-order valence-electron chi connectivity index (χ4n) is 1.12. The summed E-state index contributed by atoms with van der Waals surface area (Å²) in [6.45, 7) is 3.83. The van der Waals surface area contributed by atoms with Gasteiger partial charge in [-0.2, -0.15) is 0 Å². The number of nitrogens with two attached hydrogens (primary N) is 1. The highest BCUT2D eigenvalue weighted by atomic mass is 35.5. The van der Waals surface area contributed by atoms with Gasteiger partial charge in [0.15, 0.2) is 0 Å².